The molecule has 2 rings (SSSR count). The SMILES string of the molecule is Br.Oc1ccc2[nH]ccc2c1. The van der Waals surface area contributed by atoms with Gasteiger partial charge in [-0.2, -0.15) is 0 Å². The molecule has 0 atom stereocenters. The molecule has 1 heterocycles. The van der Waals surface area contributed by atoms with Crippen LogP contribution in [0, 0.1) is 0 Å². The summed E-state index contributed by atoms with van der Waals surface area (Å²) in [6, 6.07) is 7.17. The number of halogens is 1. The van der Waals surface area contributed by atoms with Crippen molar-refractivity contribution in [3.8, 4) is 5.75 Å². The lowest BCUT2D eigenvalue weighted by molar-refractivity contribution is 0.476. The summed E-state index contributed by atoms with van der Waals surface area (Å²) in [5, 5.41) is 10.1. The third kappa shape index (κ3) is 1.38. The second-order valence-electron chi connectivity index (χ2n) is 2.25. The van der Waals surface area contributed by atoms with E-state index in [0.717, 1.165) is 10.9 Å². The number of hydrogen-bond acceptors (Lipinski definition) is 1. The first-order valence-corrected chi connectivity index (χ1v) is 3.12. The highest BCUT2D eigenvalue weighted by Gasteiger charge is 1.92. The number of rotatable bonds is 0. The predicted octanol–water partition coefficient (Wildman–Crippen LogP) is 2.45. The number of nitrogens with one attached hydrogen (secondary N) is 1. The largest absolute Gasteiger partial charge is 0.508 e. The molecule has 58 valence electrons. The molecule has 3 heteroatoms. The third-order valence-corrected chi connectivity index (χ3v) is 1.54. The molecule has 0 aliphatic rings. The van der Waals surface area contributed by atoms with Crippen LogP contribution >= 0.6 is 17.0 Å². The highest BCUT2D eigenvalue weighted by Crippen LogP contribution is 2.17. The van der Waals surface area contributed by atoms with Crippen LogP contribution in [-0.4, -0.2) is 10.1 Å². The Morgan fingerprint density at radius 1 is 1.18 bits per heavy atom. The van der Waals surface area contributed by atoms with E-state index in [2.05, 4.69) is 4.98 Å². The average molecular weight is 214 g/mol. The molecule has 2 N–H and O–H groups in total. The van der Waals surface area contributed by atoms with E-state index in [-0.39, 0.29) is 17.0 Å². The molecule has 0 aliphatic heterocycles. The van der Waals surface area contributed by atoms with E-state index in [1.807, 2.05) is 18.3 Å². The van der Waals surface area contributed by atoms with E-state index in [1.165, 1.54) is 0 Å². The number of aromatic nitrogens is 1. The van der Waals surface area contributed by atoms with E-state index < -0.39 is 0 Å². The molecule has 1 aromatic carbocycles. The summed E-state index contributed by atoms with van der Waals surface area (Å²) in [5.74, 6) is 0.312. The summed E-state index contributed by atoms with van der Waals surface area (Å²) < 4.78 is 0. The van der Waals surface area contributed by atoms with Crippen LogP contribution in [0.3, 0.4) is 0 Å². The predicted molar refractivity (Wildman–Crippen MR) is 50.3 cm³/mol. The molecule has 0 amide bonds. The van der Waals surface area contributed by atoms with Crippen molar-refractivity contribution in [1.82, 2.24) is 4.98 Å². The Morgan fingerprint density at radius 2 is 2.00 bits per heavy atom. The van der Waals surface area contributed by atoms with E-state index >= 15 is 0 Å². The molecule has 0 aliphatic carbocycles. The van der Waals surface area contributed by atoms with Gasteiger partial charge in [-0.25, -0.2) is 0 Å². The van der Waals surface area contributed by atoms with Crippen LogP contribution < -0.4 is 0 Å². The summed E-state index contributed by atoms with van der Waals surface area (Å²) in [7, 11) is 0. The number of aromatic hydroxyl groups is 1. The highest BCUT2D eigenvalue weighted by molar-refractivity contribution is 8.93. The molecular weight excluding hydrogens is 206 g/mol. The first kappa shape index (κ1) is 8.14. The number of phenolic OH excluding ortho intramolecular Hbond substituents is 1. The summed E-state index contributed by atoms with van der Waals surface area (Å²) in [6.45, 7) is 0. The fourth-order valence-electron chi connectivity index (χ4n) is 1.04. The summed E-state index contributed by atoms with van der Waals surface area (Å²) in [5.41, 5.74) is 1.05. The maximum Gasteiger partial charge on any atom is 0.116 e. The van der Waals surface area contributed by atoms with Crippen LogP contribution in [0.2, 0.25) is 0 Å². The van der Waals surface area contributed by atoms with E-state index in [0.29, 0.717) is 5.75 Å². The van der Waals surface area contributed by atoms with Gasteiger partial charge in [-0.3, -0.25) is 0 Å². The minimum Gasteiger partial charge on any atom is -0.508 e. The van der Waals surface area contributed by atoms with Gasteiger partial charge in [0.15, 0.2) is 0 Å². The van der Waals surface area contributed by atoms with E-state index in [4.69, 9.17) is 5.11 Å². The van der Waals surface area contributed by atoms with Crippen molar-refractivity contribution in [2.75, 3.05) is 0 Å². The Balaban J connectivity index is 0.000000605. The fraction of sp³-hybridized carbons (Fsp3) is 0. The second-order valence-corrected chi connectivity index (χ2v) is 2.25. The molecule has 11 heavy (non-hydrogen) atoms. The lowest BCUT2D eigenvalue weighted by Crippen LogP contribution is -1.65. The van der Waals surface area contributed by atoms with Gasteiger partial charge in [0, 0.05) is 17.1 Å². The Kier molecular flexibility index (Phi) is 2.19. The molecule has 0 saturated heterocycles. The maximum atomic E-state index is 9.03. The van der Waals surface area contributed by atoms with Crippen molar-refractivity contribution < 1.29 is 5.11 Å². The number of fused-ring (bicyclic) bond motifs is 1. The second kappa shape index (κ2) is 2.96. The van der Waals surface area contributed by atoms with Crippen LogP contribution in [0.1, 0.15) is 0 Å². The van der Waals surface area contributed by atoms with Crippen LogP contribution in [-0.2, 0) is 0 Å². The van der Waals surface area contributed by atoms with Crippen molar-refractivity contribution in [2.45, 2.75) is 0 Å². The molecule has 2 aromatic rings. The van der Waals surface area contributed by atoms with Gasteiger partial charge in [0.2, 0.25) is 0 Å². The van der Waals surface area contributed by atoms with Gasteiger partial charge < -0.3 is 10.1 Å². The summed E-state index contributed by atoms with van der Waals surface area (Å²) >= 11 is 0. The molecule has 0 radical (unpaired) electrons. The standard InChI is InChI=1S/C8H7NO.BrH/c10-7-1-2-8-6(5-7)3-4-9-8;/h1-5,9-10H;1H. The van der Waals surface area contributed by atoms with Gasteiger partial charge in [-0.15, -0.1) is 17.0 Å². The van der Waals surface area contributed by atoms with Crippen molar-refractivity contribution in [3.05, 3.63) is 30.5 Å². The van der Waals surface area contributed by atoms with Crippen LogP contribution in [0.4, 0.5) is 0 Å². The quantitative estimate of drug-likeness (QED) is 0.694. The van der Waals surface area contributed by atoms with Crippen LogP contribution in [0.5, 0.6) is 5.75 Å². The molecule has 0 spiro atoms. The summed E-state index contributed by atoms with van der Waals surface area (Å²) in [6.07, 6.45) is 1.85. The Bertz CT molecular complexity index is 356. The minimum absolute atomic E-state index is 0. The Morgan fingerprint density at radius 3 is 2.82 bits per heavy atom. The number of phenols is 1. The summed E-state index contributed by atoms with van der Waals surface area (Å²) in [4.78, 5) is 3.04. The monoisotopic (exact) mass is 213 g/mol. The number of hydrogen-bond donors (Lipinski definition) is 2. The normalized spacial score (nSPS) is 9.45. The average Bonchev–Trinajstić information content (AvgIpc) is 2.33. The smallest absolute Gasteiger partial charge is 0.116 e. The van der Waals surface area contributed by atoms with Gasteiger partial charge in [0.05, 0.1) is 0 Å². The van der Waals surface area contributed by atoms with Crippen LogP contribution in [0.15, 0.2) is 30.5 Å². The molecular formula is C8H8BrNO. The third-order valence-electron chi connectivity index (χ3n) is 1.54. The van der Waals surface area contributed by atoms with Crippen molar-refractivity contribution in [2.24, 2.45) is 0 Å². The molecule has 1 aromatic heterocycles. The Hall–Kier alpha value is -0.960. The van der Waals surface area contributed by atoms with Gasteiger partial charge in [0.25, 0.3) is 0 Å². The zero-order valence-electron chi connectivity index (χ0n) is 5.74. The number of aromatic amines is 1. The molecule has 0 fully saturated rings. The van der Waals surface area contributed by atoms with Crippen molar-refractivity contribution in [3.63, 3.8) is 0 Å². The molecule has 2 nitrogen and oxygen atoms in total. The Labute approximate surface area is 74.6 Å². The van der Waals surface area contributed by atoms with Gasteiger partial charge in [-0.1, -0.05) is 0 Å². The van der Waals surface area contributed by atoms with Crippen molar-refractivity contribution >= 4 is 27.9 Å². The maximum absolute atomic E-state index is 9.03. The topological polar surface area (TPSA) is 36.0 Å². The van der Waals surface area contributed by atoms with Crippen molar-refractivity contribution in [1.29, 1.82) is 0 Å². The molecule has 0 bridgehead atoms. The first-order valence-electron chi connectivity index (χ1n) is 3.12. The zero-order valence-corrected chi connectivity index (χ0v) is 7.46. The van der Waals surface area contributed by atoms with Gasteiger partial charge >= 0.3 is 0 Å². The van der Waals surface area contributed by atoms with Gasteiger partial charge in [0.1, 0.15) is 5.75 Å². The van der Waals surface area contributed by atoms with Crippen LogP contribution in [0.25, 0.3) is 10.9 Å². The molecule has 0 saturated carbocycles. The minimum atomic E-state index is 0. The first-order chi connectivity index (χ1) is 4.86. The number of H-pyrrole nitrogens is 1. The molecule has 0 unspecified atom stereocenters. The van der Waals surface area contributed by atoms with Gasteiger partial charge in [-0.05, 0) is 24.3 Å². The zero-order chi connectivity index (χ0) is 6.97. The number of benzene rings is 1. The van der Waals surface area contributed by atoms with E-state index in [1.54, 1.807) is 12.1 Å². The lowest BCUT2D eigenvalue weighted by Gasteiger charge is -1.89. The highest BCUT2D eigenvalue weighted by atomic mass is 79.9. The fourth-order valence-corrected chi connectivity index (χ4v) is 1.04. The lowest BCUT2D eigenvalue weighted by atomic mass is 10.2. The van der Waals surface area contributed by atoms with E-state index in [9.17, 15) is 0 Å².